The number of benzene rings is 1. The van der Waals surface area contributed by atoms with Crippen molar-refractivity contribution in [2.75, 3.05) is 13.2 Å². The van der Waals surface area contributed by atoms with E-state index in [0.717, 1.165) is 0 Å². The third kappa shape index (κ3) is 2.86. The summed E-state index contributed by atoms with van der Waals surface area (Å²) in [6.45, 7) is 2.78. The number of hydrogen-bond acceptors (Lipinski definition) is 4. The van der Waals surface area contributed by atoms with Crippen LogP contribution in [0.15, 0.2) is 35.2 Å². The molecule has 1 heterocycles. The lowest BCUT2D eigenvalue weighted by Gasteiger charge is -2.16. The van der Waals surface area contributed by atoms with Crippen LogP contribution in [0, 0.1) is 0 Å². The molecule has 0 aliphatic carbocycles. The summed E-state index contributed by atoms with van der Waals surface area (Å²) in [5, 5.41) is -0.506. The SMILES string of the molecule is CC(CC1OCCO1)S(=O)(=O)c1ccccc1. The molecule has 1 atom stereocenters. The summed E-state index contributed by atoms with van der Waals surface area (Å²) in [5.74, 6) is 0. The molecule has 1 unspecified atom stereocenters. The summed E-state index contributed by atoms with van der Waals surface area (Å²) < 4.78 is 35.0. The van der Waals surface area contributed by atoms with Crippen LogP contribution in [0.25, 0.3) is 0 Å². The van der Waals surface area contributed by atoms with Gasteiger partial charge in [-0.2, -0.15) is 0 Å². The maximum atomic E-state index is 12.2. The summed E-state index contributed by atoms with van der Waals surface area (Å²) >= 11 is 0. The van der Waals surface area contributed by atoms with E-state index >= 15 is 0 Å². The fourth-order valence-electron chi connectivity index (χ4n) is 1.78. The minimum Gasteiger partial charge on any atom is -0.350 e. The smallest absolute Gasteiger partial charge is 0.181 e. The van der Waals surface area contributed by atoms with Gasteiger partial charge in [0.15, 0.2) is 16.1 Å². The highest BCUT2D eigenvalue weighted by Gasteiger charge is 2.28. The molecule has 5 heteroatoms. The maximum absolute atomic E-state index is 12.2. The van der Waals surface area contributed by atoms with Crippen molar-refractivity contribution in [2.24, 2.45) is 0 Å². The van der Waals surface area contributed by atoms with Crippen LogP contribution in [0.5, 0.6) is 0 Å². The van der Waals surface area contributed by atoms with E-state index in [1.807, 2.05) is 0 Å². The zero-order valence-corrected chi connectivity index (χ0v) is 10.5. The first-order valence-corrected chi connectivity index (χ1v) is 7.17. The first-order chi connectivity index (χ1) is 8.10. The number of ether oxygens (including phenoxy) is 2. The predicted molar refractivity (Wildman–Crippen MR) is 63.4 cm³/mol. The molecule has 0 radical (unpaired) electrons. The van der Waals surface area contributed by atoms with Crippen LogP contribution in [0.2, 0.25) is 0 Å². The molecule has 17 heavy (non-hydrogen) atoms. The number of sulfone groups is 1. The van der Waals surface area contributed by atoms with Gasteiger partial charge in [0.05, 0.1) is 23.4 Å². The van der Waals surface area contributed by atoms with Gasteiger partial charge in [0, 0.05) is 6.42 Å². The fourth-order valence-corrected chi connectivity index (χ4v) is 3.20. The van der Waals surface area contributed by atoms with Crippen molar-refractivity contribution < 1.29 is 17.9 Å². The second-order valence-electron chi connectivity index (χ2n) is 4.08. The van der Waals surface area contributed by atoms with Gasteiger partial charge in [0.1, 0.15) is 0 Å². The molecule has 0 saturated carbocycles. The summed E-state index contributed by atoms with van der Waals surface area (Å²) in [5.41, 5.74) is 0. The molecule has 1 aliphatic rings. The summed E-state index contributed by atoms with van der Waals surface area (Å²) in [4.78, 5) is 0.352. The highest BCUT2D eigenvalue weighted by Crippen LogP contribution is 2.21. The molecule has 1 aromatic rings. The minimum absolute atomic E-state index is 0.352. The van der Waals surface area contributed by atoms with E-state index in [9.17, 15) is 8.42 Å². The van der Waals surface area contributed by atoms with Gasteiger partial charge in [-0.05, 0) is 19.1 Å². The van der Waals surface area contributed by atoms with Crippen LogP contribution >= 0.6 is 0 Å². The summed E-state index contributed by atoms with van der Waals surface area (Å²) in [6, 6.07) is 8.47. The van der Waals surface area contributed by atoms with E-state index in [1.54, 1.807) is 37.3 Å². The fraction of sp³-hybridized carbons (Fsp3) is 0.500. The monoisotopic (exact) mass is 256 g/mol. The van der Waals surface area contributed by atoms with E-state index in [-0.39, 0.29) is 6.29 Å². The largest absolute Gasteiger partial charge is 0.350 e. The average molecular weight is 256 g/mol. The Balaban J connectivity index is 2.09. The van der Waals surface area contributed by atoms with E-state index in [2.05, 4.69) is 0 Å². The summed E-state index contributed by atoms with van der Waals surface area (Å²) in [7, 11) is -3.29. The molecular formula is C12H16O4S. The van der Waals surface area contributed by atoms with Crippen molar-refractivity contribution in [2.45, 2.75) is 29.8 Å². The van der Waals surface area contributed by atoms with Gasteiger partial charge in [-0.3, -0.25) is 0 Å². The van der Waals surface area contributed by atoms with E-state index in [1.165, 1.54) is 0 Å². The molecule has 0 bridgehead atoms. The van der Waals surface area contributed by atoms with Gasteiger partial charge in [-0.1, -0.05) is 18.2 Å². The van der Waals surface area contributed by atoms with Crippen molar-refractivity contribution in [3.8, 4) is 0 Å². The lowest BCUT2D eigenvalue weighted by Crippen LogP contribution is -2.24. The minimum atomic E-state index is -3.29. The molecule has 1 aromatic carbocycles. The topological polar surface area (TPSA) is 52.6 Å². The van der Waals surface area contributed by atoms with Crippen LogP contribution in [-0.2, 0) is 19.3 Å². The highest BCUT2D eigenvalue weighted by atomic mass is 32.2. The molecule has 0 amide bonds. The van der Waals surface area contributed by atoms with Crippen molar-refractivity contribution in [1.29, 1.82) is 0 Å². The first kappa shape index (κ1) is 12.5. The quantitative estimate of drug-likeness (QED) is 0.821. The standard InChI is InChI=1S/C12H16O4S/c1-10(9-12-15-7-8-16-12)17(13,14)11-5-3-2-4-6-11/h2-6,10,12H,7-9H2,1H3. The van der Waals surface area contributed by atoms with Gasteiger partial charge in [0.25, 0.3) is 0 Å². The van der Waals surface area contributed by atoms with Crippen molar-refractivity contribution >= 4 is 9.84 Å². The van der Waals surface area contributed by atoms with Crippen LogP contribution in [-0.4, -0.2) is 33.2 Å². The zero-order chi connectivity index (χ0) is 12.3. The normalized spacial score (nSPS) is 19.4. The van der Waals surface area contributed by atoms with Gasteiger partial charge in [-0.15, -0.1) is 0 Å². The lowest BCUT2D eigenvalue weighted by atomic mass is 10.3. The predicted octanol–water partition coefficient (Wildman–Crippen LogP) is 1.61. The van der Waals surface area contributed by atoms with Crippen LogP contribution in [0.1, 0.15) is 13.3 Å². The second kappa shape index (κ2) is 5.16. The highest BCUT2D eigenvalue weighted by molar-refractivity contribution is 7.92. The molecule has 0 aromatic heterocycles. The molecule has 0 N–H and O–H groups in total. The summed E-state index contributed by atoms with van der Waals surface area (Å²) in [6.07, 6.45) is -0.0134. The van der Waals surface area contributed by atoms with Crippen LogP contribution < -0.4 is 0 Å². The van der Waals surface area contributed by atoms with Crippen molar-refractivity contribution in [1.82, 2.24) is 0 Å². The van der Waals surface area contributed by atoms with Crippen LogP contribution in [0.3, 0.4) is 0 Å². The third-order valence-electron chi connectivity index (χ3n) is 2.82. The molecule has 2 rings (SSSR count). The maximum Gasteiger partial charge on any atom is 0.181 e. The Hall–Kier alpha value is -0.910. The lowest BCUT2D eigenvalue weighted by molar-refractivity contribution is -0.0462. The Bertz CT molecular complexity index is 449. The Morgan fingerprint density at radius 3 is 2.41 bits per heavy atom. The Kier molecular flexibility index (Phi) is 3.81. The van der Waals surface area contributed by atoms with E-state index in [4.69, 9.17) is 9.47 Å². The van der Waals surface area contributed by atoms with Crippen molar-refractivity contribution in [3.63, 3.8) is 0 Å². The third-order valence-corrected chi connectivity index (χ3v) is 5.00. The molecular weight excluding hydrogens is 240 g/mol. The average Bonchev–Trinajstić information content (AvgIpc) is 2.83. The van der Waals surface area contributed by atoms with E-state index in [0.29, 0.717) is 24.5 Å². The van der Waals surface area contributed by atoms with Crippen molar-refractivity contribution in [3.05, 3.63) is 30.3 Å². The molecule has 4 nitrogen and oxygen atoms in total. The number of hydrogen-bond donors (Lipinski definition) is 0. The number of rotatable bonds is 4. The Morgan fingerprint density at radius 1 is 1.24 bits per heavy atom. The van der Waals surface area contributed by atoms with Gasteiger partial charge in [-0.25, -0.2) is 8.42 Å². The van der Waals surface area contributed by atoms with E-state index < -0.39 is 15.1 Å². The van der Waals surface area contributed by atoms with Gasteiger partial charge < -0.3 is 9.47 Å². The molecule has 1 fully saturated rings. The van der Waals surface area contributed by atoms with Gasteiger partial charge in [0.2, 0.25) is 0 Å². The second-order valence-corrected chi connectivity index (χ2v) is 6.44. The Morgan fingerprint density at radius 2 is 1.82 bits per heavy atom. The first-order valence-electron chi connectivity index (χ1n) is 5.63. The molecule has 1 saturated heterocycles. The van der Waals surface area contributed by atoms with Gasteiger partial charge >= 0.3 is 0 Å². The Labute approximate surface area is 101 Å². The molecule has 1 aliphatic heterocycles. The molecule has 0 spiro atoms. The van der Waals surface area contributed by atoms with Crippen LogP contribution in [0.4, 0.5) is 0 Å². The molecule has 94 valence electrons. The zero-order valence-electron chi connectivity index (χ0n) is 9.70.